The highest BCUT2D eigenvalue weighted by atomic mass is 35.5. The highest BCUT2D eigenvalue weighted by Crippen LogP contribution is 2.43. The highest BCUT2D eigenvalue weighted by Gasteiger charge is 2.26. The molecule has 3 aromatic carbocycles. The minimum absolute atomic E-state index is 0.340. The normalized spacial score (nSPS) is 13.6. The van der Waals surface area contributed by atoms with Gasteiger partial charge in [0.05, 0.1) is 11.1 Å². The van der Waals surface area contributed by atoms with Gasteiger partial charge in [0.25, 0.3) is 5.91 Å². The van der Waals surface area contributed by atoms with E-state index in [0.29, 0.717) is 35.6 Å². The van der Waals surface area contributed by atoms with E-state index in [9.17, 15) is 14.7 Å². The Hall–Kier alpha value is -3.51. The molecule has 0 spiro atoms. The number of aromatic amines is 1. The molecule has 0 unspecified atom stereocenters. The number of nitrogens with zero attached hydrogens (tertiary/aromatic N) is 1. The van der Waals surface area contributed by atoms with Crippen LogP contribution in [0.5, 0.6) is 0 Å². The number of H-pyrrole nitrogens is 1. The van der Waals surface area contributed by atoms with Crippen molar-refractivity contribution < 1.29 is 14.7 Å². The molecule has 150 valence electrons. The molecule has 4 N–H and O–H groups in total. The van der Waals surface area contributed by atoms with Gasteiger partial charge in [0.1, 0.15) is 0 Å². The standard InChI is InChI=1S/C23H18ClN3O3/c24-17-10-16(22(25)28)21-20(15-5-1-2-7-18(15)26-21)19(17)14-6-3-4-12-11-27(23(29)30)9-8-13(12)14/h1-7,10,26H,8-9,11H2,(H2,25,28)(H,29,30). The number of amides is 2. The molecular weight excluding hydrogens is 402 g/mol. The summed E-state index contributed by atoms with van der Waals surface area (Å²) in [5.41, 5.74) is 11.3. The van der Waals surface area contributed by atoms with E-state index in [1.165, 1.54) is 4.90 Å². The number of rotatable bonds is 2. The Bertz CT molecular complexity index is 1360. The molecule has 0 atom stereocenters. The van der Waals surface area contributed by atoms with Gasteiger partial charge in [0.2, 0.25) is 0 Å². The zero-order valence-corrected chi connectivity index (χ0v) is 16.7. The summed E-state index contributed by atoms with van der Waals surface area (Å²) in [6.45, 7) is 0.764. The fourth-order valence-electron chi connectivity index (χ4n) is 4.46. The van der Waals surface area contributed by atoms with Gasteiger partial charge in [0.15, 0.2) is 0 Å². The Morgan fingerprint density at radius 3 is 2.70 bits per heavy atom. The molecule has 2 heterocycles. The molecule has 4 aromatic rings. The van der Waals surface area contributed by atoms with Crippen molar-refractivity contribution in [2.45, 2.75) is 13.0 Å². The van der Waals surface area contributed by atoms with Crippen molar-refractivity contribution in [2.24, 2.45) is 5.73 Å². The lowest BCUT2D eigenvalue weighted by molar-refractivity contribution is 0.100. The van der Waals surface area contributed by atoms with Crippen LogP contribution in [0.2, 0.25) is 5.02 Å². The number of primary amides is 1. The third kappa shape index (κ3) is 2.72. The number of halogens is 1. The first-order chi connectivity index (χ1) is 14.5. The van der Waals surface area contributed by atoms with E-state index in [0.717, 1.165) is 38.5 Å². The molecule has 7 heteroatoms. The third-order valence-electron chi connectivity index (χ3n) is 5.81. The summed E-state index contributed by atoms with van der Waals surface area (Å²) in [4.78, 5) is 28.3. The molecule has 0 saturated carbocycles. The zero-order chi connectivity index (χ0) is 21.0. The van der Waals surface area contributed by atoms with Gasteiger partial charge >= 0.3 is 6.09 Å². The van der Waals surface area contributed by atoms with Crippen molar-refractivity contribution in [3.63, 3.8) is 0 Å². The summed E-state index contributed by atoms with van der Waals surface area (Å²) in [6.07, 6.45) is -0.329. The number of nitrogens with two attached hydrogens (primary N) is 1. The Morgan fingerprint density at radius 2 is 1.93 bits per heavy atom. The van der Waals surface area contributed by atoms with Crippen LogP contribution in [-0.2, 0) is 13.0 Å². The van der Waals surface area contributed by atoms with Crippen LogP contribution in [0.25, 0.3) is 32.9 Å². The van der Waals surface area contributed by atoms with Crippen molar-refractivity contribution in [3.8, 4) is 11.1 Å². The van der Waals surface area contributed by atoms with Gasteiger partial charge in [-0.25, -0.2) is 4.79 Å². The fraction of sp³-hybridized carbons (Fsp3) is 0.130. The number of carbonyl (C=O) groups excluding carboxylic acids is 1. The van der Waals surface area contributed by atoms with Crippen molar-refractivity contribution in [1.29, 1.82) is 0 Å². The maximum absolute atomic E-state index is 12.1. The Balaban J connectivity index is 1.84. The van der Waals surface area contributed by atoms with E-state index in [1.54, 1.807) is 6.07 Å². The van der Waals surface area contributed by atoms with Crippen LogP contribution < -0.4 is 5.73 Å². The molecule has 30 heavy (non-hydrogen) atoms. The first-order valence-corrected chi connectivity index (χ1v) is 9.95. The lowest BCUT2D eigenvalue weighted by Crippen LogP contribution is -2.34. The predicted octanol–water partition coefficient (Wildman–Crippen LogP) is 4.78. The second-order valence-corrected chi connectivity index (χ2v) is 7.87. The molecule has 0 bridgehead atoms. The van der Waals surface area contributed by atoms with Gasteiger partial charge in [-0.3, -0.25) is 4.79 Å². The van der Waals surface area contributed by atoms with E-state index in [1.807, 2.05) is 42.5 Å². The summed E-state index contributed by atoms with van der Waals surface area (Å²) in [5, 5.41) is 11.6. The predicted molar refractivity (Wildman–Crippen MR) is 117 cm³/mol. The largest absolute Gasteiger partial charge is 0.465 e. The first kappa shape index (κ1) is 18.5. The van der Waals surface area contributed by atoms with E-state index in [2.05, 4.69) is 4.98 Å². The van der Waals surface area contributed by atoms with Crippen LogP contribution >= 0.6 is 11.6 Å². The molecule has 0 saturated heterocycles. The van der Waals surface area contributed by atoms with Crippen molar-refractivity contribution >= 4 is 45.4 Å². The van der Waals surface area contributed by atoms with Gasteiger partial charge in [-0.05, 0) is 35.2 Å². The number of aromatic nitrogens is 1. The molecule has 1 aliphatic heterocycles. The lowest BCUT2D eigenvalue weighted by Gasteiger charge is -2.28. The monoisotopic (exact) mass is 419 g/mol. The molecule has 1 aliphatic rings. The number of hydrogen-bond donors (Lipinski definition) is 3. The van der Waals surface area contributed by atoms with Crippen molar-refractivity contribution in [1.82, 2.24) is 9.88 Å². The maximum atomic E-state index is 12.1. The quantitative estimate of drug-likeness (QED) is 0.436. The van der Waals surface area contributed by atoms with Gasteiger partial charge < -0.3 is 20.7 Å². The van der Waals surface area contributed by atoms with E-state index in [4.69, 9.17) is 17.3 Å². The van der Waals surface area contributed by atoms with Crippen LogP contribution in [0.3, 0.4) is 0 Å². The number of benzene rings is 3. The Morgan fingerprint density at radius 1 is 1.13 bits per heavy atom. The molecular formula is C23H18ClN3O3. The fourth-order valence-corrected chi connectivity index (χ4v) is 4.76. The van der Waals surface area contributed by atoms with Crippen LogP contribution in [0.15, 0.2) is 48.5 Å². The first-order valence-electron chi connectivity index (χ1n) is 9.57. The average Bonchev–Trinajstić information content (AvgIpc) is 3.11. The number of hydrogen-bond acceptors (Lipinski definition) is 2. The molecule has 2 amide bonds. The van der Waals surface area contributed by atoms with Crippen LogP contribution in [0.4, 0.5) is 4.79 Å². The number of carboxylic acid groups (broad SMARTS) is 1. The molecule has 6 nitrogen and oxygen atoms in total. The SMILES string of the molecule is NC(=O)c1cc(Cl)c(-c2cccc3c2CCN(C(=O)O)C3)c2c1[nH]c1ccccc12. The van der Waals surface area contributed by atoms with Crippen molar-refractivity contribution in [3.05, 3.63) is 70.2 Å². The summed E-state index contributed by atoms with van der Waals surface area (Å²) >= 11 is 6.74. The highest BCUT2D eigenvalue weighted by molar-refractivity contribution is 6.37. The van der Waals surface area contributed by atoms with Crippen molar-refractivity contribution in [2.75, 3.05) is 6.54 Å². The van der Waals surface area contributed by atoms with Crippen LogP contribution in [0, 0.1) is 0 Å². The molecule has 0 fully saturated rings. The van der Waals surface area contributed by atoms with Gasteiger partial charge in [0, 0.05) is 40.0 Å². The Labute approximate surface area is 176 Å². The summed E-state index contributed by atoms with van der Waals surface area (Å²) < 4.78 is 0. The number of nitrogens with one attached hydrogen (secondary N) is 1. The number of carbonyl (C=O) groups is 2. The summed E-state index contributed by atoms with van der Waals surface area (Å²) in [6, 6.07) is 15.3. The third-order valence-corrected chi connectivity index (χ3v) is 6.10. The molecule has 0 radical (unpaired) electrons. The van der Waals surface area contributed by atoms with Gasteiger partial charge in [-0.1, -0.05) is 48.0 Å². The molecule has 1 aromatic heterocycles. The smallest absolute Gasteiger partial charge is 0.407 e. The van der Waals surface area contributed by atoms with Gasteiger partial charge in [-0.15, -0.1) is 0 Å². The molecule has 5 rings (SSSR count). The second-order valence-electron chi connectivity index (χ2n) is 7.46. The Kier molecular flexibility index (Phi) is 4.18. The maximum Gasteiger partial charge on any atom is 0.407 e. The second kappa shape index (κ2) is 6.78. The number of para-hydroxylation sites is 1. The number of fused-ring (bicyclic) bond motifs is 4. The van der Waals surface area contributed by atoms with E-state index in [-0.39, 0.29) is 0 Å². The van der Waals surface area contributed by atoms with Crippen LogP contribution in [0.1, 0.15) is 21.5 Å². The zero-order valence-electron chi connectivity index (χ0n) is 15.9. The van der Waals surface area contributed by atoms with E-state index < -0.39 is 12.0 Å². The lowest BCUT2D eigenvalue weighted by atomic mass is 9.88. The minimum atomic E-state index is -0.922. The molecule has 0 aliphatic carbocycles. The van der Waals surface area contributed by atoms with Gasteiger partial charge in [-0.2, -0.15) is 0 Å². The summed E-state index contributed by atoms with van der Waals surface area (Å²) in [5.74, 6) is -0.549. The minimum Gasteiger partial charge on any atom is -0.465 e. The topological polar surface area (TPSA) is 99.4 Å². The summed E-state index contributed by atoms with van der Waals surface area (Å²) in [7, 11) is 0. The average molecular weight is 420 g/mol. The van der Waals surface area contributed by atoms with Crippen LogP contribution in [-0.4, -0.2) is 33.5 Å². The van der Waals surface area contributed by atoms with E-state index >= 15 is 0 Å².